The highest BCUT2D eigenvalue weighted by molar-refractivity contribution is 5.89. The summed E-state index contributed by atoms with van der Waals surface area (Å²) in [5.41, 5.74) is 1.60. The van der Waals surface area contributed by atoms with E-state index in [9.17, 15) is 9.18 Å². The molecule has 0 unspecified atom stereocenters. The van der Waals surface area contributed by atoms with Crippen molar-refractivity contribution in [3.8, 4) is 17.1 Å². The molecule has 0 spiro atoms. The van der Waals surface area contributed by atoms with Crippen LogP contribution in [0.4, 0.5) is 14.9 Å². The average molecular weight is 341 g/mol. The topological polar surface area (TPSA) is 91.9 Å². The number of hydrogen-bond acceptors (Lipinski definition) is 4. The van der Waals surface area contributed by atoms with Gasteiger partial charge in [0.2, 0.25) is 0 Å². The van der Waals surface area contributed by atoms with Crippen LogP contribution in [0.1, 0.15) is 5.56 Å². The fourth-order valence-corrected chi connectivity index (χ4v) is 2.22. The highest BCUT2D eigenvalue weighted by Gasteiger charge is 2.10. The van der Waals surface area contributed by atoms with E-state index in [2.05, 4.69) is 25.8 Å². The summed E-state index contributed by atoms with van der Waals surface area (Å²) in [6.45, 7) is 0.353. The van der Waals surface area contributed by atoms with Crippen LogP contribution >= 0.6 is 0 Å². The van der Waals surface area contributed by atoms with Crippen molar-refractivity contribution in [3.05, 3.63) is 60.2 Å². The maximum atomic E-state index is 13.9. The lowest BCUT2D eigenvalue weighted by Gasteiger charge is -2.09. The number of amides is 2. The molecule has 3 aromatic rings. The minimum absolute atomic E-state index is 0.227. The Morgan fingerprint density at radius 1 is 1.24 bits per heavy atom. The zero-order chi connectivity index (χ0) is 17.6. The van der Waals surface area contributed by atoms with E-state index in [4.69, 9.17) is 4.74 Å². The largest absolute Gasteiger partial charge is 0.497 e. The fraction of sp³-hybridized carbons (Fsp3) is 0.118. The molecule has 3 N–H and O–H groups in total. The van der Waals surface area contributed by atoms with Gasteiger partial charge in [0.05, 0.1) is 12.7 Å². The van der Waals surface area contributed by atoms with Gasteiger partial charge in [0.15, 0.2) is 5.82 Å². The second kappa shape index (κ2) is 7.43. The van der Waals surface area contributed by atoms with E-state index in [0.29, 0.717) is 18.1 Å². The Bertz CT molecular complexity index is 850. The predicted octanol–water partition coefficient (Wildman–Crippen LogP) is 2.94. The van der Waals surface area contributed by atoms with E-state index >= 15 is 0 Å². The molecule has 0 saturated heterocycles. The molecule has 7 nitrogen and oxygen atoms in total. The molecule has 1 heterocycles. The molecule has 2 aromatic carbocycles. The third kappa shape index (κ3) is 4.11. The number of aromatic amines is 1. The summed E-state index contributed by atoms with van der Waals surface area (Å²) in [5.74, 6) is 0.584. The second-order valence-corrected chi connectivity index (χ2v) is 5.18. The Kier molecular flexibility index (Phi) is 4.89. The molecule has 0 aliphatic carbocycles. The lowest BCUT2D eigenvalue weighted by molar-refractivity contribution is 0.251. The van der Waals surface area contributed by atoms with Crippen LogP contribution in [0.2, 0.25) is 0 Å². The van der Waals surface area contributed by atoms with Crippen molar-refractivity contribution in [2.45, 2.75) is 6.54 Å². The average Bonchev–Trinajstić information content (AvgIpc) is 3.16. The summed E-state index contributed by atoms with van der Waals surface area (Å²) in [5, 5.41) is 11.7. The molecule has 0 aliphatic heterocycles. The zero-order valence-electron chi connectivity index (χ0n) is 13.4. The predicted molar refractivity (Wildman–Crippen MR) is 90.6 cm³/mol. The van der Waals surface area contributed by atoms with Gasteiger partial charge in [-0.15, -0.1) is 0 Å². The van der Waals surface area contributed by atoms with Crippen molar-refractivity contribution in [2.75, 3.05) is 12.4 Å². The summed E-state index contributed by atoms with van der Waals surface area (Å²) in [4.78, 5) is 15.9. The fourth-order valence-electron chi connectivity index (χ4n) is 2.22. The molecule has 0 radical (unpaired) electrons. The van der Waals surface area contributed by atoms with E-state index in [-0.39, 0.29) is 5.56 Å². The molecule has 2 amide bonds. The molecule has 1 aromatic heterocycles. The number of urea groups is 1. The quantitative estimate of drug-likeness (QED) is 0.665. The van der Waals surface area contributed by atoms with Gasteiger partial charge in [-0.1, -0.05) is 12.1 Å². The molecule has 0 aliphatic rings. The van der Waals surface area contributed by atoms with Crippen molar-refractivity contribution in [3.63, 3.8) is 0 Å². The molecule has 25 heavy (non-hydrogen) atoms. The Morgan fingerprint density at radius 3 is 2.72 bits per heavy atom. The molecule has 3 rings (SSSR count). The van der Waals surface area contributed by atoms with Crippen molar-refractivity contribution in [2.24, 2.45) is 0 Å². The van der Waals surface area contributed by atoms with Gasteiger partial charge in [-0.3, -0.25) is 5.10 Å². The standard InChI is InChI=1S/C17H16FN5O2/c1-25-13-5-2-11(3-6-13)9-19-17(24)22-12-4-7-15(18)14(8-12)16-20-10-21-23-16/h2-8,10H,9H2,1H3,(H2,19,22,24)(H,20,21,23). The molecular formula is C17H16FN5O2. The number of carbonyl (C=O) groups is 1. The first-order valence-electron chi connectivity index (χ1n) is 7.49. The minimum atomic E-state index is -0.457. The molecule has 0 atom stereocenters. The van der Waals surface area contributed by atoms with E-state index in [1.165, 1.54) is 24.5 Å². The SMILES string of the molecule is COc1ccc(CNC(=O)Nc2ccc(F)c(-c3ncn[nH]3)c2)cc1. The third-order valence-electron chi connectivity index (χ3n) is 3.51. The lowest BCUT2D eigenvalue weighted by atomic mass is 10.2. The van der Waals surface area contributed by atoms with Gasteiger partial charge in [-0.25, -0.2) is 14.2 Å². The Morgan fingerprint density at radius 2 is 2.04 bits per heavy atom. The van der Waals surface area contributed by atoms with E-state index in [1.54, 1.807) is 7.11 Å². The van der Waals surface area contributed by atoms with E-state index < -0.39 is 11.8 Å². The normalized spacial score (nSPS) is 10.3. The van der Waals surface area contributed by atoms with Gasteiger partial charge >= 0.3 is 6.03 Å². The van der Waals surface area contributed by atoms with Crippen molar-refractivity contribution in [1.29, 1.82) is 0 Å². The van der Waals surface area contributed by atoms with Crippen LogP contribution in [0, 0.1) is 5.82 Å². The number of carbonyl (C=O) groups excluding carboxylic acids is 1. The van der Waals surface area contributed by atoms with Crippen LogP contribution in [0.3, 0.4) is 0 Å². The number of halogens is 1. The van der Waals surface area contributed by atoms with Crippen LogP contribution in [0.25, 0.3) is 11.4 Å². The number of H-pyrrole nitrogens is 1. The first-order chi connectivity index (χ1) is 12.2. The maximum absolute atomic E-state index is 13.9. The van der Waals surface area contributed by atoms with Crippen LogP contribution in [-0.4, -0.2) is 28.3 Å². The van der Waals surface area contributed by atoms with E-state index in [0.717, 1.165) is 11.3 Å². The van der Waals surface area contributed by atoms with Crippen LogP contribution < -0.4 is 15.4 Å². The van der Waals surface area contributed by atoms with E-state index in [1.807, 2.05) is 24.3 Å². The molecule has 8 heteroatoms. The van der Waals surface area contributed by atoms with Gasteiger partial charge in [-0.2, -0.15) is 5.10 Å². The van der Waals surface area contributed by atoms with Crippen molar-refractivity contribution >= 4 is 11.7 Å². The summed E-state index contributed by atoms with van der Waals surface area (Å²) in [6, 6.07) is 11.2. The smallest absolute Gasteiger partial charge is 0.319 e. The second-order valence-electron chi connectivity index (χ2n) is 5.18. The Balaban J connectivity index is 1.62. The van der Waals surface area contributed by atoms with Crippen LogP contribution in [0.5, 0.6) is 5.75 Å². The lowest BCUT2D eigenvalue weighted by Crippen LogP contribution is -2.28. The number of ether oxygens (including phenoxy) is 1. The van der Waals surface area contributed by atoms with Crippen molar-refractivity contribution in [1.82, 2.24) is 20.5 Å². The van der Waals surface area contributed by atoms with Gasteiger partial charge in [-0.05, 0) is 35.9 Å². The number of rotatable bonds is 5. The number of nitrogens with one attached hydrogen (secondary N) is 3. The highest BCUT2D eigenvalue weighted by Crippen LogP contribution is 2.22. The van der Waals surface area contributed by atoms with Crippen LogP contribution in [0.15, 0.2) is 48.8 Å². The number of hydrogen-bond donors (Lipinski definition) is 3. The molecule has 0 bridgehead atoms. The first kappa shape index (κ1) is 16.4. The zero-order valence-corrected chi connectivity index (χ0v) is 13.4. The summed E-state index contributed by atoms with van der Waals surface area (Å²) < 4.78 is 19.0. The number of benzene rings is 2. The maximum Gasteiger partial charge on any atom is 0.319 e. The summed E-state index contributed by atoms with van der Waals surface area (Å²) >= 11 is 0. The third-order valence-corrected chi connectivity index (χ3v) is 3.51. The van der Waals surface area contributed by atoms with Gasteiger partial charge in [0.25, 0.3) is 0 Å². The van der Waals surface area contributed by atoms with Gasteiger partial charge in [0.1, 0.15) is 17.9 Å². The monoisotopic (exact) mass is 341 g/mol. The van der Waals surface area contributed by atoms with Crippen molar-refractivity contribution < 1.29 is 13.9 Å². The number of anilines is 1. The van der Waals surface area contributed by atoms with Gasteiger partial charge in [0, 0.05) is 12.2 Å². The van der Waals surface area contributed by atoms with Crippen LogP contribution in [-0.2, 0) is 6.54 Å². The Labute approximate surface area is 143 Å². The number of aromatic nitrogens is 3. The number of methoxy groups -OCH3 is 1. The molecule has 0 saturated carbocycles. The molecule has 128 valence electrons. The van der Waals surface area contributed by atoms with Gasteiger partial charge < -0.3 is 15.4 Å². The highest BCUT2D eigenvalue weighted by atomic mass is 19.1. The first-order valence-corrected chi connectivity index (χ1v) is 7.49. The summed E-state index contributed by atoms with van der Waals surface area (Å²) in [6.07, 6.45) is 1.29. The number of nitrogens with zero attached hydrogens (tertiary/aromatic N) is 2. The molecular weight excluding hydrogens is 325 g/mol. The summed E-state index contributed by atoms with van der Waals surface area (Å²) in [7, 11) is 1.59. The Hall–Kier alpha value is -3.42. The minimum Gasteiger partial charge on any atom is -0.497 e. The molecule has 0 fully saturated rings.